The molecule has 0 aliphatic carbocycles. The number of para-hydroxylation sites is 2. The van der Waals surface area contributed by atoms with E-state index in [1.807, 2.05) is 91.0 Å². The molecule has 0 amide bonds. The van der Waals surface area contributed by atoms with E-state index >= 15 is 0 Å². The van der Waals surface area contributed by atoms with Gasteiger partial charge in [0.25, 0.3) is 0 Å². The summed E-state index contributed by atoms with van der Waals surface area (Å²) in [7, 11) is 0. The molecule has 0 spiro atoms. The maximum absolute atomic E-state index is 12.9. The highest BCUT2D eigenvalue weighted by atomic mass is 16.5. The smallest absolute Gasteiger partial charge is 0.332 e. The maximum atomic E-state index is 12.9. The summed E-state index contributed by atoms with van der Waals surface area (Å²) in [5.41, 5.74) is 2.70. The number of rotatable bonds is 5. The zero-order chi connectivity index (χ0) is 18.5. The average Bonchev–Trinajstić information content (AvgIpc) is 3.04. The van der Waals surface area contributed by atoms with Crippen molar-refractivity contribution in [2.45, 2.75) is 0 Å². The number of azo groups is 1. The Balaban J connectivity index is 1.77. The second kappa shape index (κ2) is 7.53. The molecule has 6 nitrogen and oxygen atoms in total. The fraction of sp³-hybridized carbons (Fsp3) is 0. The van der Waals surface area contributed by atoms with E-state index in [1.165, 1.54) is 4.68 Å². The fourth-order valence-corrected chi connectivity index (χ4v) is 2.64. The van der Waals surface area contributed by atoms with E-state index < -0.39 is 0 Å². The Kier molecular flexibility index (Phi) is 4.61. The van der Waals surface area contributed by atoms with Crippen LogP contribution in [0, 0.1) is 5.21 Å². The second-order valence-electron chi connectivity index (χ2n) is 5.84. The molecule has 0 radical (unpaired) electrons. The molecular weight excluding hydrogens is 338 g/mol. The van der Waals surface area contributed by atoms with Crippen LogP contribution < -0.4 is 10.2 Å². The Labute approximate surface area is 156 Å². The molecule has 3 aromatic carbocycles. The monoisotopic (exact) mass is 355 g/mol. The average molecular weight is 355 g/mol. The molecule has 0 aliphatic rings. The Morgan fingerprint density at radius 3 is 2.00 bits per heavy atom. The van der Waals surface area contributed by atoms with Crippen LogP contribution in [-0.2, 0) is 0 Å². The van der Waals surface area contributed by atoms with Crippen LogP contribution in [0.3, 0.4) is 0 Å². The van der Waals surface area contributed by atoms with E-state index in [0.29, 0.717) is 17.2 Å². The van der Waals surface area contributed by atoms with Crippen molar-refractivity contribution >= 4 is 22.9 Å². The van der Waals surface area contributed by atoms with Gasteiger partial charge in [0.2, 0.25) is 0 Å². The van der Waals surface area contributed by atoms with Crippen LogP contribution in [0.25, 0.3) is 5.69 Å². The van der Waals surface area contributed by atoms with E-state index in [4.69, 9.17) is 0 Å². The van der Waals surface area contributed by atoms with E-state index in [9.17, 15) is 5.21 Å². The first kappa shape index (κ1) is 16.5. The van der Waals surface area contributed by atoms with E-state index in [-0.39, 0.29) is 0 Å². The standard InChI is InChI=1S/C21H17N5O/c27-26-21(22-17-10-4-1-5-11-17)20(24-23-18-12-6-2-7-13-18)16-25(26)19-14-8-3-9-15-19/h1-16,22H. The summed E-state index contributed by atoms with van der Waals surface area (Å²) in [5.74, 6) is 0.310. The van der Waals surface area contributed by atoms with E-state index in [1.54, 1.807) is 6.20 Å². The van der Waals surface area contributed by atoms with Gasteiger partial charge in [0.05, 0.1) is 17.6 Å². The first-order chi connectivity index (χ1) is 13.3. The van der Waals surface area contributed by atoms with Crippen molar-refractivity contribution in [3.05, 3.63) is 102 Å². The minimum Gasteiger partial charge on any atom is -0.692 e. The minimum absolute atomic E-state index is 0.310. The minimum atomic E-state index is 0.310. The Bertz CT molecular complexity index is 1040. The van der Waals surface area contributed by atoms with Crippen molar-refractivity contribution in [2.24, 2.45) is 10.2 Å². The van der Waals surface area contributed by atoms with Gasteiger partial charge in [-0.05, 0) is 36.4 Å². The molecule has 0 fully saturated rings. The molecule has 0 unspecified atom stereocenters. The highest BCUT2D eigenvalue weighted by Crippen LogP contribution is 2.28. The van der Waals surface area contributed by atoms with Crippen molar-refractivity contribution in [3.8, 4) is 5.69 Å². The van der Waals surface area contributed by atoms with Gasteiger partial charge in [-0.3, -0.25) is 0 Å². The molecule has 0 saturated heterocycles. The lowest BCUT2D eigenvalue weighted by Gasteiger charge is -2.09. The molecule has 1 N–H and O–H groups in total. The third-order valence-electron chi connectivity index (χ3n) is 3.96. The summed E-state index contributed by atoms with van der Waals surface area (Å²) in [6, 6.07) is 28.3. The first-order valence-corrected chi connectivity index (χ1v) is 8.51. The number of hydrogen-bond acceptors (Lipinski definition) is 4. The molecule has 0 bridgehead atoms. The molecule has 4 rings (SSSR count). The second-order valence-corrected chi connectivity index (χ2v) is 5.84. The Hall–Kier alpha value is -3.93. The lowest BCUT2D eigenvalue weighted by atomic mass is 10.3. The fourth-order valence-electron chi connectivity index (χ4n) is 2.64. The van der Waals surface area contributed by atoms with Gasteiger partial charge in [0.15, 0.2) is 5.69 Å². The molecule has 0 atom stereocenters. The molecule has 1 aromatic heterocycles. The lowest BCUT2D eigenvalue weighted by molar-refractivity contribution is -0.669. The third-order valence-corrected chi connectivity index (χ3v) is 3.96. The SMILES string of the molecule is [O-][n+]1c(Nc2ccccc2)c(N=Nc2ccccc2)cn1-c1ccccc1. The molecule has 6 heteroatoms. The molecule has 132 valence electrons. The molecule has 27 heavy (non-hydrogen) atoms. The van der Waals surface area contributed by atoms with Gasteiger partial charge < -0.3 is 5.21 Å². The summed E-state index contributed by atoms with van der Waals surface area (Å²) >= 11 is 0. The number of nitrogens with zero attached hydrogens (tertiary/aromatic N) is 4. The van der Waals surface area contributed by atoms with Crippen molar-refractivity contribution in [3.63, 3.8) is 0 Å². The quantitative estimate of drug-likeness (QED) is 0.301. The van der Waals surface area contributed by atoms with Crippen molar-refractivity contribution in [1.29, 1.82) is 0 Å². The number of aromatic nitrogens is 2. The molecule has 4 aromatic rings. The van der Waals surface area contributed by atoms with Crippen LogP contribution in [0.1, 0.15) is 0 Å². The summed E-state index contributed by atoms with van der Waals surface area (Å²) in [5, 5.41) is 24.6. The van der Waals surface area contributed by atoms with Crippen LogP contribution in [-0.4, -0.2) is 4.68 Å². The summed E-state index contributed by atoms with van der Waals surface area (Å²) in [4.78, 5) is 0.779. The van der Waals surface area contributed by atoms with E-state index in [0.717, 1.165) is 16.2 Å². The van der Waals surface area contributed by atoms with Crippen LogP contribution in [0.4, 0.5) is 22.9 Å². The topological polar surface area (TPSA) is 68.6 Å². The lowest BCUT2D eigenvalue weighted by Crippen LogP contribution is -2.37. The summed E-state index contributed by atoms with van der Waals surface area (Å²) < 4.78 is 1.49. The summed E-state index contributed by atoms with van der Waals surface area (Å²) in [6.07, 6.45) is 1.67. The Morgan fingerprint density at radius 1 is 0.741 bits per heavy atom. The van der Waals surface area contributed by atoms with Crippen LogP contribution in [0.5, 0.6) is 0 Å². The van der Waals surface area contributed by atoms with Gasteiger partial charge in [0, 0.05) is 0 Å². The zero-order valence-electron chi connectivity index (χ0n) is 14.4. The normalized spacial score (nSPS) is 11.0. The highest BCUT2D eigenvalue weighted by molar-refractivity contribution is 5.65. The van der Waals surface area contributed by atoms with Gasteiger partial charge in [-0.15, -0.1) is 9.96 Å². The molecule has 1 heterocycles. The molecule has 0 saturated carbocycles. The number of benzene rings is 3. The van der Waals surface area contributed by atoms with Crippen LogP contribution in [0.15, 0.2) is 107 Å². The zero-order valence-corrected chi connectivity index (χ0v) is 14.4. The van der Waals surface area contributed by atoms with Crippen molar-refractivity contribution < 1.29 is 4.85 Å². The predicted molar refractivity (Wildman–Crippen MR) is 105 cm³/mol. The van der Waals surface area contributed by atoms with Crippen molar-refractivity contribution in [1.82, 2.24) is 4.68 Å². The van der Waals surface area contributed by atoms with Gasteiger partial charge in [-0.25, -0.2) is 5.32 Å². The molecular formula is C21H17N5O. The van der Waals surface area contributed by atoms with Gasteiger partial charge >= 0.3 is 5.82 Å². The highest BCUT2D eigenvalue weighted by Gasteiger charge is 2.20. The number of nitrogens with one attached hydrogen (secondary N) is 1. The Morgan fingerprint density at radius 2 is 1.33 bits per heavy atom. The predicted octanol–water partition coefficient (Wildman–Crippen LogP) is 5.27. The van der Waals surface area contributed by atoms with Crippen LogP contribution in [0.2, 0.25) is 0 Å². The third kappa shape index (κ3) is 3.69. The summed E-state index contributed by atoms with van der Waals surface area (Å²) in [6.45, 7) is 0. The largest absolute Gasteiger partial charge is 0.692 e. The first-order valence-electron chi connectivity index (χ1n) is 8.51. The van der Waals surface area contributed by atoms with Crippen LogP contribution >= 0.6 is 0 Å². The van der Waals surface area contributed by atoms with Crippen molar-refractivity contribution in [2.75, 3.05) is 5.32 Å². The maximum Gasteiger partial charge on any atom is 0.332 e. The van der Waals surface area contributed by atoms with E-state index in [2.05, 4.69) is 15.5 Å². The van der Waals surface area contributed by atoms with Gasteiger partial charge in [-0.1, -0.05) is 54.6 Å². The number of hydrogen-bond donors (Lipinski definition) is 1. The number of anilines is 2. The van der Waals surface area contributed by atoms with Gasteiger partial charge in [0.1, 0.15) is 5.69 Å². The molecule has 0 aliphatic heterocycles. The van der Waals surface area contributed by atoms with Gasteiger partial charge in [-0.2, -0.15) is 9.80 Å².